The zero-order valence-corrected chi connectivity index (χ0v) is 18.5. The summed E-state index contributed by atoms with van der Waals surface area (Å²) in [6.45, 7) is 7.11. The first kappa shape index (κ1) is 21.9. The number of nitrogens with zero attached hydrogens (tertiary/aromatic N) is 2. The van der Waals surface area contributed by atoms with Gasteiger partial charge < -0.3 is 9.64 Å². The maximum Gasteiger partial charge on any atom is 0.327 e. The number of hydrogen-bond acceptors (Lipinski definition) is 3. The molecule has 30 heavy (non-hydrogen) atoms. The minimum atomic E-state index is -0.359. The van der Waals surface area contributed by atoms with E-state index in [0.717, 1.165) is 30.6 Å². The predicted molar refractivity (Wildman–Crippen MR) is 119 cm³/mol. The van der Waals surface area contributed by atoms with Crippen molar-refractivity contribution in [2.75, 3.05) is 13.7 Å². The Morgan fingerprint density at radius 2 is 1.67 bits per heavy atom. The summed E-state index contributed by atoms with van der Waals surface area (Å²) in [5, 5.41) is 0. The van der Waals surface area contributed by atoms with Crippen LogP contribution in [-0.2, 0) is 17.8 Å². The number of ether oxygens (including phenoxy) is 1. The van der Waals surface area contributed by atoms with Gasteiger partial charge in [-0.2, -0.15) is 0 Å². The molecular formula is C25H32N2O3. The van der Waals surface area contributed by atoms with Crippen LogP contribution in [0.15, 0.2) is 42.5 Å². The fraction of sp³-hybridized carbons (Fsp3) is 0.440. The Balaban J connectivity index is 1.66. The van der Waals surface area contributed by atoms with Gasteiger partial charge in [-0.25, -0.2) is 4.79 Å². The fourth-order valence-corrected chi connectivity index (χ4v) is 3.99. The van der Waals surface area contributed by atoms with Gasteiger partial charge in [0.15, 0.2) is 0 Å². The highest BCUT2D eigenvalue weighted by atomic mass is 16.5. The summed E-state index contributed by atoms with van der Waals surface area (Å²) in [5.41, 5.74) is 4.59. The summed E-state index contributed by atoms with van der Waals surface area (Å²) in [6.07, 6.45) is 3.25. The number of carbonyl (C=O) groups is 2. The number of imide groups is 1. The lowest BCUT2D eigenvalue weighted by Crippen LogP contribution is -2.35. The van der Waals surface area contributed by atoms with Gasteiger partial charge in [0.05, 0.1) is 13.7 Å². The number of urea groups is 1. The zero-order valence-electron chi connectivity index (χ0n) is 18.5. The van der Waals surface area contributed by atoms with Gasteiger partial charge >= 0.3 is 6.03 Å². The monoisotopic (exact) mass is 408 g/mol. The van der Waals surface area contributed by atoms with Crippen molar-refractivity contribution in [1.29, 1.82) is 0 Å². The van der Waals surface area contributed by atoms with Crippen molar-refractivity contribution in [3.05, 3.63) is 64.7 Å². The van der Waals surface area contributed by atoms with Crippen molar-refractivity contribution in [3.63, 3.8) is 0 Å². The first-order chi connectivity index (χ1) is 14.4. The normalized spacial score (nSPS) is 16.5. The molecule has 1 aliphatic rings. The summed E-state index contributed by atoms with van der Waals surface area (Å²) in [4.78, 5) is 29.3. The van der Waals surface area contributed by atoms with Crippen molar-refractivity contribution >= 4 is 11.9 Å². The smallest absolute Gasteiger partial charge is 0.327 e. The molecule has 1 fully saturated rings. The number of rotatable bonds is 9. The molecule has 0 N–H and O–H groups in total. The molecule has 2 aromatic rings. The van der Waals surface area contributed by atoms with E-state index in [1.807, 2.05) is 31.2 Å². The van der Waals surface area contributed by atoms with E-state index in [1.54, 1.807) is 12.0 Å². The minimum Gasteiger partial charge on any atom is -0.497 e. The predicted octanol–water partition coefficient (Wildman–Crippen LogP) is 4.88. The molecule has 3 amide bonds. The van der Waals surface area contributed by atoms with Gasteiger partial charge in [-0.3, -0.25) is 9.69 Å². The number of hydrogen-bond donors (Lipinski definition) is 0. The second-order valence-electron chi connectivity index (χ2n) is 8.08. The van der Waals surface area contributed by atoms with Crippen molar-refractivity contribution in [1.82, 2.24) is 9.80 Å². The van der Waals surface area contributed by atoms with Crippen LogP contribution in [0.1, 0.15) is 48.4 Å². The molecule has 1 unspecified atom stereocenters. The van der Waals surface area contributed by atoms with Gasteiger partial charge in [0.25, 0.3) is 5.91 Å². The molecule has 1 saturated heterocycles. The number of methoxy groups -OCH3 is 1. The largest absolute Gasteiger partial charge is 0.497 e. The third-order valence-corrected chi connectivity index (χ3v) is 5.88. The van der Waals surface area contributed by atoms with E-state index in [0.29, 0.717) is 19.5 Å². The quantitative estimate of drug-likeness (QED) is 0.556. The Morgan fingerprint density at radius 1 is 0.967 bits per heavy atom. The first-order valence-corrected chi connectivity index (χ1v) is 10.8. The van der Waals surface area contributed by atoms with Crippen molar-refractivity contribution < 1.29 is 14.3 Å². The van der Waals surface area contributed by atoms with E-state index in [4.69, 9.17) is 4.74 Å². The highest BCUT2D eigenvalue weighted by Gasteiger charge is 2.43. The maximum atomic E-state index is 13.1. The summed E-state index contributed by atoms with van der Waals surface area (Å²) in [6, 6.07) is 13.6. The second-order valence-corrected chi connectivity index (χ2v) is 8.08. The molecule has 0 radical (unpaired) electrons. The lowest BCUT2D eigenvalue weighted by molar-refractivity contribution is -0.128. The fourth-order valence-electron chi connectivity index (χ4n) is 3.99. The minimum absolute atomic E-state index is 0.0681. The van der Waals surface area contributed by atoms with Crippen LogP contribution in [0.3, 0.4) is 0 Å². The van der Waals surface area contributed by atoms with Crippen LogP contribution < -0.4 is 4.74 Å². The Kier molecular flexibility index (Phi) is 7.14. The number of aryl methyl sites for hydroxylation is 3. The molecular weight excluding hydrogens is 376 g/mol. The Labute approximate surface area is 179 Å². The highest BCUT2D eigenvalue weighted by Crippen LogP contribution is 2.25. The van der Waals surface area contributed by atoms with Gasteiger partial charge in [-0.05, 0) is 73.9 Å². The van der Waals surface area contributed by atoms with Crippen LogP contribution in [-0.4, -0.2) is 41.4 Å². The number of amides is 3. The molecule has 0 bridgehead atoms. The average Bonchev–Trinajstić information content (AvgIpc) is 2.96. The lowest BCUT2D eigenvalue weighted by Gasteiger charge is -2.21. The van der Waals surface area contributed by atoms with E-state index in [9.17, 15) is 9.59 Å². The molecule has 160 valence electrons. The maximum absolute atomic E-state index is 13.1. The van der Waals surface area contributed by atoms with Crippen molar-refractivity contribution in [2.45, 2.75) is 59.0 Å². The van der Waals surface area contributed by atoms with Crippen molar-refractivity contribution in [3.8, 4) is 5.75 Å². The topological polar surface area (TPSA) is 49.9 Å². The van der Waals surface area contributed by atoms with Gasteiger partial charge in [0, 0.05) is 6.54 Å². The van der Waals surface area contributed by atoms with E-state index >= 15 is 0 Å². The standard InChI is InChI=1S/C25H32N2O3/c1-5-15-26-23(8-6-7-20-11-13-22(30-4)14-12-20)24(28)27(25(26)29)17-21-10-9-18(2)19(3)16-21/h9-14,16,23H,5-8,15,17H2,1-4H3. The molecule has 1 aliphatic heterocycles. The van der Waals surface area contributed by atoms with E-state index in [1.165, 1.54) is 21.6 Å². The third kappa shape index (κ3) is 4.84. The highest BCUT2D eigenvalue weighted by molar-refractivity contribution is 6.04. The van der Waals surface area contributed by atoms with Crippen molar-refractivity contribution in [2.24, 2.45) is 0 Å². The molecule has 5 heteroatoms. The zero-order chi connectivity index (χ0) is 21.7. The molecule has 0 aromatic heterocycles. The molecule has 0 spiro atoms. The Hall–Kier alpha value is -2.82. The van der Waals surface area contributed by atoms with Crippen LogP contribution in [0.25, 0.3) is 0 Å². The summed E-state index contributed by atoms with van der Waals surface area (Å²) in [5.74, 6) is 0.771. The third-order valence-electron chi connectivity index (χ3n) is 5.88. The molecule has 5 nitrogen and oxygen atoms in total. The van der Waals surface area contributed by atoms with Crippen LogP contribution >= 0.6 is 0 Å². The number of carbonyl (C=O) groups excluding carboxylic acids is 2. The molecule has 3 rings (SSSR count). The second kappa shape index (κ2) is 9.79. The molecule has 1 heterocycles. The molecule has 2 aromatic carbocycles. The first-order valence-electron chi connectivity index (χ1n) is 10.8. The summed E-state index contributed by atoms with van der Waals surface area (Å²) >= 11 is 0. The summed E-state index contributed by atoms with van der Waals surface area (Å²) in [7, 11) is 1.66. The van der Waals surface area contributed by atoms with Gasteiger partial charge in [0.2, 0.25) is 0 Å². The Bertz CT molecular complexity index is 892. The average molecular weight is 409 g/mol. The van der Waals surface area contributed by atoms with Crippen LogP contribution in [0.2, 0.25) is 0 Å². The SMILES string of the molecule is CCCN1C(=O)N(Cc2ccc(C)c(C)c2)C(=O)C1CCCc1ccc(OC)cc1. The van der Waals surface area contributed by atoms with Crippen LogP contribution in [0.5, 0.6) is 5.75 Å². The van der Waals surface area contributed by atoms with Crippen LogP contribution in [0, 0.1) is 13.8 Å². The van der Waals surface area contributed by atoms with Crippen LogP contribution in [0.4, 0.5) is 4.79 Å². The van der Waals surface area contributed by atoms with Gasteiger partial charge in [-0.15, -0.1) is 0 Å². The summed E-state index contributed by atoms with van der Waals surface area (Å²) < 4.78 is 5.20. The van der Waals surface area contributed by atoms with E-state index in [2.05, 4.69) is 32.0 Å². The van der Waals surface area contributed by atoms with Gasteiger partial charge in [0.1, 0.15) is 11.8 Å². The lowest BCUT2D eigenvalue weighted by atomic mass is 10.0. The number of benzene rings is 2. The Morgan fingerprint density at radius 3 is 2.30 bits per heavy atom. The molecule has 0 aliphatic carbocycles. The van der Waals surface area contributed by atoms with E-state index in [-0.39, 0.29) is 18.0 Å². The molecule has 0 saturated carbocycles. The van der Waals surface area contributed by atoms with E-state index < -0.39 is 0 Å². The van der Waals surface area contributed by atoms with Gasteiger partial charge in [-0.1, -0.05) is 37.3 Å². The molecule has 1 atom stereocenters.